The highest BCUT2D eigenvalue weighted by Gasteiger charge is 2.12. The first-order valence-corrected chi connectivity index (χ1v) is 6.41. The fourth-order valence-electron chi connectivity index (χ4n) is 1.84. The molecule has 2 N–H and O–H groups in total. The Balaban J connectivity index is 2.51. The van der Waals surface area contributed by atoms with Crippen molar-refractivity contribution < 1.29 is 9.90 Å². The van der Waals surface area contributed by atoms with E-state index in [1.165, 1.54) is 6.07 Å². The molecule has 1 heterocycles. The molecule has 5 nitrogen and oxygen atoms in total. The topological polar surface area (TPSA) is 75.1 Å². The Morgan fingerprint density at radius 2 is 2.00 bits per heavy atom. The van der Waals surface area contributed by atoms with Crippen molar-refractivity contribution in [1.29, 1.82) is 0 Å². The first-order chi connectivity index (χ1) is 9.45. The van der Waals surface area contributed by atoms with Gasteiger partial charge in [0.2, 0.25) is 0 Å². The molecule has 1 aromatic carbocycles. The van der Waals surface area contributed by atoms with Gasteiger partial charge in [-0.1, -0.05) is 23.8 Å². The Morgan fingerprint density at radius 3 is 2.60 bits per heavy atom. The number of aryl methyl sites for hydroxylation is 1. The number of carboxylic acid groups (broad SMARTS) is 1. The zero-order valence-electron chi connectivity index (χ0n) is 11.7. The minimum absolute atomic E-state index is 0.0142. The van der Waals surface area contributed by atoms with Crippen LogP contribution in [0.2, 0.25) is 0 Å². The summed E-state index contributed by atoms with van der Waals surface area (Å²) in [4.78, 5) is 19.7. The summed E-state index contributed by atoms with van der Waals surface area (Å²) in [7, 11) is 0. The third kappa shape index (κ3) is 3.32. The number of carboxylic acids is 1. The lowest BCUT2D eigenvalue weighted by molar-refractivity contribution is 0.0690. The zero-order chi connectivity index (χ0) is 14.7. The number of anilines is 1. The van der Waals surface area contributed by atoms with Crippen LogP contribution in [0.15, 0.2) is 30.3 Å². The van der Waals surface area contributed by atoms with E-state index < -0.39 is 5.97 Å². The van der Waals surface area contributed by atoms with Crippen LogP contribution in [0, 0.1) is 6.92 Å². The van der Waals surface area contributed by atoms with Gasteiger partial charge in [-0.05, 0) is 26.8 Å². The highest BCUT2D eigenvalue weighted by Crippen LogP contribution is 2.19. The van der Waals surface area contributed by atoms with E-state index in [0.717, 1.165) is 11.1 Å². The monoisotopic (exact) mass is 271 g/mol. The van der Waals surface area contributed by atoms with Gasteiger partial charge in [0.25, 0.3) is 0 Å². The lowest BCUT2D eigenvalue weighted by Gasteiger charge is -2.11. The molecule has 0 unspecified atom stereocenters. The summed E-state index contributed by atoms with van der Waals surface area (Å²) in [5.41, 5.74) is 1.87. The van der Waals surface area contributed by atoms with E-state index in [0.29, 0.717) is 11.6 Å². The van der Waals surface area contributed by atoms with Gasteiger partial charge < -0.3 is 10.4 Å². The van der Waals surface area contributed by atoms with Crippen LogP contribution in [0.4, 0.5) is 5.82 Å². The van der Waals surface area contributed by atoms with Gasteiger partial charge in [-0.25, -0.2) is 14.8 Å². The molecule has 0 saturated heterocycles. The average molecular weight is 271 g/mol. The fourth-order valence-corrected chi connectivity index (χ4v) is 1.84. The number of nitrogens with one attached hydrogen (secondary N) is 1. The maximum atomic E-state index is 11.2. The number of rotatable bonds is 4. The van der Waals surface area contributed by atoms with Gasteiger partial charge in [0, 0.05) is 17.7 Å². The van der Waals surface area contributed by atoms with E-state index in [-0.39, 0.29) is 11.7 Å². The van der Waals surface area contributed by atoms with Gasteiger partial charge in [-0.2, -0.15) is 0 Å². The van der Waals surface area contributed by atoms with Gasteiger partial charge in [-0.15, -0.1) is 0 Å². The number of nitrogens with zero attached hydrogens (tertiary/aromatic N) is 2. The molecule has 104 valence electrons. The lowest BCUT2D eigenvalue weighted by Crippen LogP contribution is -2.13. The molecule has 2 rings (SSSR count). The Kier molecular flexibility index (Phi) is 3.98. The Morgan fingerprint density at radius 1 is 1.25 bits per heavy atom. The van der Waals surface area contributed by atoms with Crippen LogP contribution in [-0.2, 0) is 0 Å². The van der Waals surface area contributed by atoms with Crippen molar-refractivity contribution in [2.45, 2.75) is 26.8 Å². The van der Waals surface area contributed by atoms with Gasteiger partial charge in [0.1, 0.15) is 5.82 Å². The zero-order valence-corrected chi connectivity index (χ0v) is 11.7. The number of hydrogen-bond acceptors (Lipinski definition) is 4. The summed E-state index contributed by atoms with van der Waals surface area (Å²) >= 11 is 0. The first kappa shape index (κ1) is 14.0. The second-order valence-electron chi connectivity index (χ2n) is 4.94. The van der Waals surface area contributed by atoms with E-state index in [1.54, 1.807) is 0 Å². The average Bonchev–Trinajstić information content (AvgIpc) is 2.37. The van der Waals surface area contributed by atoms with Crippen molar-refractivity contribution in [3.63, 3.8) is 0 Å². The standard InChI is InChI=1S/C15H17N3O2/c1-9(2)16-13-8-12(15(19)20)17-14(18-13)11-6-4-5-10(3)7-11/h4-9H,1-3H3,(H,19,20)(H,16,17,18). The van der Waals surface area contributed by atoms with Crippen LogP contribution in [0.3, 0.4) is 0 Å². The van der Waals surface area contributed by atoms with E-state index in [1.807, 2.05) is 45.0 Å². The highest BCUT2D eigenvalue weighted by atomic mass is 16.4. The minimum atomic E-state index is -1.06. The predicted molar refractivity (Wildman–Crippen MR) is 77.9 cm³/mol. The molecule has 0 aliphatic rings. The lowest BCUT2D eigenvalue weighted by atomic mass is 10.1. The summed E-state index contributed by atoms with van der Waals surface area (Å²) in [6.07, 6.45) is 0. The molecule has 0 atom stereocenters. The quantitative estimate of drug-likeness (QED) is 0.894. The molecule has 0 fully saturated rings. The van der Waals surface area contributed by atoms with Gasteiger partial charge in [0.05, 0.1) is 0 Å². The van der Waals surface area contributed by atoms with E-state index in [2.05, 4.69) is 15.3 Å². The van der Waals surface area contributed by atoms with Crippen molar-refractivity contribution in [3.8, 4) is 11.4 Å². The second kappa shape index (κ2) is 5.69. The molecular formula is C15H17N3O2. The van der Waals surface area contributed by atoms with Crippen molar-refractivity contribution in [2.75, 3.05) is 5.32 Å². The Labute approximate surface area is 117 Å². The molecule has 0 aliphatic carbocycles. The maximum Gasteiger partial charge on any atom is 0.354 e. The number of carbonyl (C=O) groups is 1. The van der Waals surface area contributed by atoms with Crippen LogP contribution >= 0.6 is 0 Å². The minimum Gasteiger partial charge on any atom is -0.477 e. The molecule has 20 heavy (non-hydrogen) atoms. The van der Waals surface area contributed by atoms with Crippen molar-refractivity contribution in [2.24, 2.45) is 0 Å². The maximum absolute atomic E-state index is 11.2. The SMILES string of the molecule is Cc1cccc(-c2nc(NC(C)C)cc(C(=O)O)n2)c1. The summed E-state index contributed by atoms with van der Waals surface area (Å²) in [6.45, 7) is 5.90. The van der Waals surface area contributed by atoms with Crippen molar-refractivity contribution in [3.05, 3.63) is 41.6 Å². The number of hydrogen-bond donors (Lipinski definition) is 2. The second-order valence-corrected chi connectivity index (χ2v) is 4.94. The molecule has 5 heteroatoms. The van der Waals surface area contributed by atoms with Crippen LogP contribution in [0.1, 0.15) is 29.9 Å². The number of aromatic carboxylic acids is 1. The van der Waals surface area contributed by atoms with Crippen molar-refractivity contribution in [1.82, 2.24) is 9.97 Å². The number of benzene rings is 1. The molecule has 0 saturated carbocycles. The molecule has 0 bridgehead atoms. The normalized spacial score (nSPS) is 10.6. The molecule has 0 amide bonds. The molecular weight excluding hydrogens is 254 g/mol. The molecule has 1 aromatic heterocycles. The van der Waals surface area contributed by atoms with Crippen LogP contribution in [-0.4, -0.2) is 27.1 Å². The Hall–Kier alpha value is -2.43. The van der Waals surface area contributed by atoms with Gasteiger partial charge >= 0.3 is 5.97 Å². The molecule has 0 radical (unpaired) electrons. The summed E-state index contributed by atoms with van der Waals surface area (Å²) in [6, 6.07) is 9.28. The summed E-state index contributed by atoms with van der Waals surface area (Å²) in [5.74, 6) is -0.131. The molecule has 0 spiro atoms. The van der Waals surface area contributed by atoms with E-state index in [4.69, 9.17) is 5.11 Å². The first-order valence-electron chi connectivity index (χ1n) is 6.41. The van der Waals surface area contributed by atoms with Crippen LogP contribution in [0.25, 0.3) is 11.4 Å². The van der Waals surface area contributed by atoms with Gasteiger partial charge in [-0.3, -0.25) is 0 Å². The largest absolute Gasteiger partial charge is 0.477 e. The predicted octanol–water partition coefficient (Wildman–Crippen LogP) is 2.97. The van der Waals surface area contributed by atoms with Gasteiger partial charge in [0.15, 0.2) is 11.5 Å². The van der Waals surface area contributed by atoms with E-state index in [9.17, 15) is 4.79 Å². The van der Waals surface area contributed by atoms with Crippen molar-refractivity contribution >= 4 is 11.8 Å². The third-order valence-electron chi connectivity index (χ3n) is 2.66. The fraction of sp³-hybridized carbons (Fsp3) is 0.267. The highest BCUT2D eigenvalue weighted by molar-refractivity contribution is 5.87. The molecule has 2 aromatic rings. The Bertz CT molecular complexity index is 639. The smallest absolute Gasteiger partial charge is 0.354 e. The number of aromatic nitrogens is 2. The van der Waals surface area contributed by atoms with Crippen LogP contribution < -0.4 is 5.32 Å². The summed E-state index contributed by atoms with van der Waals surface area (Å²) in [5, 5.41) is 12.3. The summed E-state index contributed by atoms with van der Waals surface area (Å²) < 4.78 is 0. The van der Waals surface area contributed by atoms with Crippen LogP contribution in [0.5, 0.6) is 0 Å². The van der Waals surface area contributed by atoms with E-state index >= 15 is 0 Å². The molecule has 0 aliphatic heterocycles. The third-order valence-corrected chi connectivity index (χ3v) is 2.66.